The first kappa shape index (κ1) is 40.6. The number of hydrogen-bond donors (Lipinski definition) is 0. The van der Waals surface area contributed by atoms with Crippen LogP contribution in [0.15, 0.2) is 85.0 Å². The van der Waals surface area contributed by atoms with Crippen molar-refractivity contribution in [3.05, 3.63) is 102 Å². The summed E-state index contributed by atoms with van der Waals surface area (Å²) in [7, 11) is 0. The van der Waals surface area contributed by atoms with Crippen LogP contribution in [0.5, 0.6) is 0 Å². The fourth-order valence-electron chi connectivity index (χ4n) is 6.86. The maximum atomic E-state index is 13.4. The smallest absolute Gasteiger partial charge is 0.369 e. The Morgan fingerprint density at radius 1 is 0.907 bits per heavy atom. The lowest BCUT2D eigenvalue weighted by atomic mass is 10.00. The van der Waals surface area contributed by atoms with Gasteiger partial charge in [-0.1, -0.05) is 73.7 Å². The number of anilines is 2. The van der Waals surface area contributed by atoms with Crippen molar-refractivity contribution < 1.29 is 23.9 Å². The first-order valence-corrected chi connectivity index (χ1v) is 20.4. The Labute approximate surface area is 325 Å². The van der Waals surface area contributed by atoms with Gasteiger partial charge in [-0.25, -0.2) is 4.79 Å². The van der Waals surface area contributed by atoms with Gasteiger partial charge in [-0.05, 0) is 112 Å². The van der Waals surface area contributed by atoms with E-state index in [9.17, 15) is 14.4 Å². The number of ether oxygens (including phenoxy) is 2. The molecule has 0 radical (unpaired) electrons. The summed E-state index contributed by atoms with van der Waals surface area (Å²) >= 11 is 1.56. The molecular weight excluding hydrogens is 697 g/mol. The number of aryl methyl sites for hydroxylation is 1. The fraction of sp³-hybridized carbons (Fsp3) is 0.455. The van der Waals surface area contributed by atoms with Gasteiger partial charge in [0.1, 0.15) is 5.82 Å². The van der Waals surface area contributed by atoms with Gasteiger partial charge in [0, 0.05) is 44.5 Å². The van der Waals surface area contributed by atoms with Crippen molar-refractivity contribution >= 4 is 51.0 Å². The van der Waals surface area contributed by atoms with Crippen molar-refractivity contribution in [3.8, 4) is 0 Å². The van der Waals surface area contributed by atoms with E-state index >= 15 is 0 Å². The highest BCUT2D eigenvalue weighted by molar-refractivity contribution is 7.13. The van der Waals surface area contributed by atoms with E-state index < -0.39 is 18.2 Å². The average molecular weight is 753 g/mol. The van der Waals surface area contributed by atoms with E-state index in [1.807, 2.05) is 13.0 Å². The first-order chi connectivity index (χ1) is 26.4. The van der Waals surface area contributed by atoms with E-state index in [1.165, 1.54) is 20.5 Å². The van der Waals surface area contributed by atoms with Gasteiger partial charge in [-0.2, -0.15) is 4.37 Å². The lowest BCUT2D eigenvalue weighted by Gasteiger charge is -2.35. The third kappa shape index (κ3) is 11.5. The quantitative estimate of drug-likeness (QED) is 0.0644. The van der Waals surface area contributed by atoms with Gasteiger partial charge < -0.3 is 14.4 Å². The number of allylic oxidation sites excluding steroid dienone is 8. The minimum absolute atomic E-state index is 0.114. The SMILES string of the molecule is CC/C=C\C/C=C\C/C=C\C/C=C\CCCCC(=O)OC(C(=O)OCC)N1C(=O)Cc2cc(CCN3CCN(c4nsc5ccccc45)CC3)c(C)cc21. The Morgan fingerprint density at radius 3 is 2.33 bits per heavy atom. The molecule has 5 rings (SSSR count). The van der Waals surface area contributed by atoms with Gasteiger partial charge in [0.05, 0.1) is 23.4 Å². The third-order valence-electron chi connectivity index (χ3n) is 9.82. The van der Waals surface area contributed by atoms with Crippen LogP contribution in [-0.2, 0) is 36.7 Å². The molecule has 3 aromatic rings. The summed E-state index contributed by atoms with van der Waals surface area (Å²) in [6.07, 6.45) is 23.2. The second kappa shape index (κ2) is 21.4. The zero-order valence-electron chi connectivity index (χ0n) is 32.2. The van der Waals surface area contributed by atoms with Gasteiger partial charge in [-0.3, -0.25) is 19.4 Å². The van der Waals surface area contributed by atoms with Crippen LogP contribution in [0, 0.1) is 6.92 Å². The number of nitrogens with zero attached hydrogens (tertiary/aromatic N) is 4. The molecule has 2 aromatic carbocycles. The minimum Gasteiger partial charge on any atom is -0.462 e. The molecule has 0 aliphatic carbocycles. The van der Waals surface area contributed by atoms with Crippen LogP contribution in [0.1, 0.15) is 81.9 Å². The molecule has 9 nitrogen and oxygen atoms in total. The molecule has 1 unspecified atom stereocenters. The predicted molar refractivity (Wildman–Crippen MR) is 220 cm³/mol. The predicted octanol–water partition coefficient (Wildman–Crippen LogP) is 8.66. The number of aromatic nitrogens is 1. The number of fused-ring (bicyclic) bond motifs is 2. The summed E-state index contributed by atoms with van der Waals surface area (Å²) in [5.74, 6) is -0.449. The Morgan fingerprint density at radius 2 is 1.61 bits per heavy atom. The van der Waals surface area contributed by atoms with E-state index in [-0.39, 0.29) is 25.4 Å². The van der Waals surface area contributed by atoms with Crippen molar-refractivity contribution in [2.24, 2.45) is 0 Å². The Hall–Kier alpha value is -4.54. The highest BCUT2D eigenvalue weighted by Gasteiger charge is 2.40. The van der Waals surface area contributed by atoms with Crippen LogP contribution in [0.4, 0.5) is 11.5 Å². The average Bonchev–Trinajstić information content (AvgIpc) is 3.74. The maximum Gasteiger partial charge on any atom is 0.369 e. The number of unbranched alkanes of at least 4 members (excludes halogenated alkanes) is 2. The van der Waals surface area contributed by atoms with E-state index in [2.05, 4.69) is 95.7 Å². The van der Waals surface area contributed by atoms with Gasteiger partial charge >= 0.3 is 11.9 Å². The largest absolute Gasteiger partial charge is 0.462 e. The lowest BCUT2D eigenvalue weighted by molar-refractivity contribution is -0.168. The number of hydrogen-bond acceptors (Lipinski definition) is 9. The Kier molecular flexibility index (Phi) is 16.1. The molecule has 2 aliphatic rings. The van der Waals surface area contributed by atoms with Gasteiger partial charge in [-0.15, -0.1) is 0 Å². The number of carbonyl (C=O) groups excluding carboxylic acids is 3. The topological polar surface area (TPSA) is 92.3 Å². The number of amides is 1. The number of carbonyl (C=O) groups is 3. The number of esters is 2. The lowest BCUT2D eigenvalue weighted by Crippen LogP contribution is -2.47. The second-order valence-corrected chi connectivity index (χ2v) is 14.6. The van der Waals surface area contributed by atoms with E-state index in [0.29, 0.717) is 12.1 Å². The number of piperazine rings is 1. The standard InChI is InChI=1S/C44H56N4O5S/c1-4-6-7-8-9-10-11-12-13-14-15-16-17-18-19-24-41(50)53-43(44(51)52-5-2)48-38-31-34(3)35(32-36(38)33-40(48)49)25-26-46-27-29-47(30-28-46)42-37-22-20-21-23-39(37)54-45-42/h6-7,9-10,12-13,15-16,20-23,31-32,43H,4-5,8,11,14,17-19,24-30,33H2,1-3H3/b7-6-,10-9-,13-12-,16-15-. The zero-order valence-corrected chi connectivity index (χ0v) is 33.0. The molecule has 0 spiro atoms. The minimum atomic E-state index is -1.45. The fourth-order valence-corrected chi connectivity index (χ4v) is 7.65. The van der Waals surface area contributed by atoms with Crippen LogP contribution in [0.3, 0.4) is 0 Å². The molecule has 1 fully saturated rings. The number of benzene rings is 2. The highest BCUT2D eigenvalue weighted by atomic mass is 32.1. The van der Waals surface area contributed by atoms with Gasteiger partial charge in [0.2, 0.25) is 5.91 Å². The van der Waals surface area contributed by atoms with Crippen molar-refractivity contribution in [3.63, 3.8) is 0 Å². The van der Waals surface area contributed by atoms with Crippen molar-refractivity contribution in [2.75, 3.05) is 49.1 Å². The summed E-state index contributed by atoms with van der Waals surface area (Å²) in [5.41, 5.74) is 3.65. The second-order valence-electron chi connectivity index (χ2n) is 13.8. The summed E-state index contributed by atoms with van der Waals surface area (Å²) < 4.78 is 16.9. The molecule has 1 atom stereocenters. The van der Waals surface area contributed by atoms with E-state index in [4.69, 9.17) is 13.8 Å². The molecule has 1 amide bonds. The van der Waals surface area contributed by atoms with Crippen LogP contribution in [0.25, 0.3) is 10.1 Å². The number of rotatable bonds is 20. The maximum absolute atomic E-state index is 13.4. The molecule has 0 bridgehead atoms. The molecule has 54 heavy (non-hydrogen) atoms. The van der Waals surface area contributed by atoms with Crippen LogP contribution in [-0.4, -0.2) is 72.7 Å². The summed E-state index contributed by atoms with van der Waals surface area (Å²) in [5, 5.41) is 1.22. The molecule has 0 saturated carbocycles. The molecule has 1 aromatic heterocycles. The van der Waals surface area contributed by atoms with Crippen LogP contribution in [0.2, 0.25) is 0 Å². The van der Waals surface area contributed by atoms with Crippen molar-refractivity contribution in [2.45, 2.75) is 91.2 Å². The van der Waals surface area contributed by atoms with Crippen molar-refractivity contribution in [1.82, 2.24) is 9.27 Å². The monoisotopic (exact) mass is 752 g/mol. The molecule has 1 saturated heterocycles. The molecule has 3 heterocycles. The third-order valence-corrected chi connectivity index (χ3v) is 10.6. The first-order valence-electron chi connectivity index (χ1n) is 19.6. The Bertz CT molecular complexity index is 1820. The zero-order chi connectivity index (χ0) is 38.1. The summed E-state index contributed by atoms with van der Waals surface area (Å²) in [6.45, 7) is 10.7. The molecule has 10 heteroatoms. The summed E-state index contributed by atoms with van der Waals surface area (Å²) in [4.78, 5) is 45.6. The summed E-state index contributed by atoms with van der Waals surface area (Å²) in [6, 6.07) is 12.4. The molecular formula is C44H56N4O5S. The Balaban J connectivity index is 1.08. The molecule has 0 N–H and O–H groups in total. The van der Waals surface area contributed by atoms with Crippen LogP contribution < -0.4 is 9.80 Å². The normalized spacial score (nSPS) is 15.8. The molecule has 288 valence electrons. The van der Waals surface area contributed by atoms with Gasteiger partial charge in [0.25, 0.3) is 6.23 Å². The highest BCUT2D eigenvalue weighted by Crippen LogP contribution is 2.35. The molecule has 2 aliphatic heterocycles. The van der Waals surface area contributed by atoms with Crippen molar-refractivity contribution in [1.29, 1.82) is 0 Å². The van der Waals surface area contributed by atoms with E-state index in [1.54, 1.807) is 18.5 Å². The van der Waals surface area contributed by atoms with Gasteiger partial charge in [0.15, 0.2) is 0 Å². The van der Waals surface area contributed by atoms with Crippen LogP contribution >= 0.6 is 11.5 Å². The van der Waals surface area contributed by atoms with E-state index in [0.717, 1.165) is 94.6 Å².